The second-order valence-corrected chi connectivity index (χ2v) is 27.5. The molecule has 0 aliphatic rings. The van der Waals surface area contributed by atoms with Gasteiger partial charge in [0, 0.05) is 25.7 Å². The number of aliphatic hydroxyl groups excluding tert-OH is 1. The van der Waals surface area contributed by atoms with Crippen LogP contribution in [-0.2, 0) is 65.4 Å². The van der Waals surface area contributed by atoms with Crippen LogP contribution in [0.1, 0.15) is 330 Å². The van der Waals surface area contributed by atoms with Gasteiger partial charge in [-0.1, -0.05) is 279 Å². The lowest BCUT2D eigenvalue weighted by atomic mass is 9.99. The van der Waals surface area contributed by atoms with E-state index in [4.69, 9.17) is 37.0 Å². The second-order valence-electron chi connectivity index (χ2n) is 24.6. The predicted molar refractivity (Wildman–Crippen MR) is 340 cm³/mol. The van der Waals surface area contributed by atoms with Crippen molar-refractivity contribution in [2.75, 3.05) is 39.6 Å². The molecule has 0 fully saturated rings. The summed E-state index contributed by atoms with van der Waals surface area (Å²) in [7, 11) is -9.88. The molecule has 0 aliphatic heterocycles. The van der Waals surface area contributed by atoms with E-state index in [1.165, 1.54) is 135 Å². The summed E-state index contributed by atoms with van der Waals surface area (Å²) in [5.41, 5.74) is 0. The lowest BCUT2D eigenvalue weighted by Gasteiger charge is -2.21. The Labute approximate surface area is 517 Å². The Morgan fingerprint density at radius 3 is 0.894 bits per heavy atom. The number of unbranched alkanes of at least 4 members (excludes halogenated alkanes) is 34. The van der Waals surface area contributed by atoms with Crippen LogP contribution in [0.4, 0.5) is 0 Å². The van der Waals surface area contributed by atoms with Crippen molar-refractivity contribution in [3.8, 4) is 0 Å². The third-order valence-corrected chi connectivity index (χ3v) is 17.5. The van der Waals surface area contributed by atoms with Gasteiger partial charge in [0.05, 0.1) is 26.4 Å². The Morgan fingerprint density at radius 2 is 0.600 bits per heavy atom. The maximum atomic E-state index is 13.0. The molecule has 6 atom stereocenters. The minimum absolute atomic E-state index is 0.104. The SMILES string of the molecule is CCCCCCCCCCC(=O)O[C@H](COC(=O)CCCCCCC)COP(=O)(O)OC[C@H](O)COP(=O)(O)OC[C@@H](COC(=O)CCCCCCCCCCCCC(C)CC)OC(=O)CCCCCCCCCCCCCCCCCC(C)C. The molecule has 0 radical (unpaired) electrons. The van der Waals surface area contributed by atoms with Gasteiger partial charge < -0.3 is 33.8 Å². The van der Waals surface area contributed by atoms with Gasteiger partial charge in [0.25, 0.3) is 0 Å². The maximum Gasteiger partial charge on any atom is 0.472 e. The van der Waals surface area contributed by atoms with Gasteiger partial charge >= 0.3 is 39.5 Å². The first kappa shape index (κ1) is 83.1. The normalized spacial score (nSPS) is 14.6. The summed E-state index contributed by atoms with van der Waals surface area (Å²) in [6.45, 7) is 9.45. The first-order valence-corrected chi connectivity index (χ1v) is 37.5. The topological polar surface area (TPSA) is 237 Å². The lowest BCUT2D eigenvalue weighted by molar-refractivity contribution is -0.161. The van der Waals surface area contributed by atoms with E-state index in [-0.39, 0.29) is 25.7 Å². The van der Waals surface area contributed by atoms with Crippen LogP contribution in [0, 0.1) is 11.8 Å². The molecule has 0 spiro atoms. The van der Waals surface area contributed by atoms with E-state index in [9.17, 15) is 43.2 Å². The molecule has 0 aromatic heterocycles. The zero-order valence-corrected chi connectivity index (χ0v) is 56.7. The fraction of sp³-hybridized carbons (Fsp3) is 0.939. The first-order chi connectivity index (χ1) is 40.9. The van der Waals surface area contributed by atoms with E-state index in [1.807, 2.05) is 0 Å². The van der Waals surface area contributed by atoms with Crippen LogP contribution in [0.3, 0.4) is 0 Å². The molecule has 0 aromatic rings. The molecule has 504 valence electrons. The van der Waals surface area contributed by atoms with Crippen molar-refractivity contribution in [1.29, 1.82) is 0 Å². The van der Waals surface area contributed by atoms with Crippen molar-refractivity contribution >= 4 is 39.5 Å². The van der Waals surface area contributed by atoms with Gasteiger partial charge in [-0.2, -0.15) is 0 Å². The number of ether oxygens (including phenoxy) is 4. The number of hydrogen-bond acceptors (Lipinski definition) is 15. The summed E-state index contributed by atoms with van der Waals surface area (Å²) in [5.74, 6) is -0.531. The van der Waals surface area contributed by atoms with Crippen LogP contribution < -0.4 is 0 Å². The molecule has 17 nitrogen and oxygen atoms in total. The van der Waals surface area contributed by atoms with Gasteiger partial charge in [-0.05, 0) is 37.5 Å². The minimum Gasteiger partial charge on any atom is -0.462 e. The van der Waals surface area contributed by atoms with Gasteiger partial charge in [-0.3, -0.25) is 37.3 Å². The van der Waals surface area contributed by atoms with Gasteiger partial charge in [-0.15, -0.1) is 0 Å². The molecule has 0 aliphatic carbocycles. The van der Waals surface area contributed by atoms with E-state index in [2.05, 4.69) is 41.5 Å². The number of rotatable bonds is 65. The summed E-state index contributed by atoms with van der Waals surface area (Å²) in [5, 5.41) is 10.5. The Morgan fingerprint density at radius 1 is 0.341 bits per heavy atom. The van der Waals surface area contributed by atoms with E-state index >= 15 is 0 Å². The van der Waals surface area contributed by atoms with Gasteiger partial charge in [0.1, 0.15) is 19.3 Å². The summed E-state index contributed by atoms with van der Waals surface area (Å²) in [4.78, 5) is 72.0. The summed E-state index contributed by atoms with van der Waals surface area (Å²) in [6.07, 6.45) is 42.1. The van der Waals surface area contributed by atoms with Gasteiger partial charge in [0.2, 0.25) is 0 Å². The fourth-order valence-corrected chi connectivity index (χ4v) is 11.4. The van der Waals surface area contributed by atoms with Crippen molar-refractivity contribution in [2.45, 2.75) is 349 Å². The van der Waals surface area contributed by atoms with E-state index < -0.39 is 97.5 Å². The molecule has 19 heteroatoms. The molecule has 0 rings (SSSR count). The van der Waals surface area contributed by atoms with Crippen molar-refractivity contribution in [2.24, 2.45) is 11.8 Å². The zero-order valence-electron chi connectivity index (χ0n) is 54.9. The number of carbonyl (C=O) groups excluding carboxylic acids is 4. The zero-order chi connectivity index (χ0) is 62.9. The monoisotopic (exact) mass is 1250 g/mol. The van der Waals surface area contributed by atoms with E-state index in [1.54, 1.807) is 0 Å². The van der Waals surface area contributed by atoms with E-state index in [0.717, 1.165) is 115 Å². The fourth-order valence-electron chi connectivity index (χ4n) is 9.85. The number of esters is 4. The molecule has 0 amide bonds. The third kappa shape index (κ3) is 59.5. The standard InChI is InChI=1S/C66H128O17P2/c1-7-10-12-14-15-31-38-44-50-65(70)82-61(54-76-63(68)48-42-34-13-11-8-2)56-80-84(72,73)78-52-60(67)53-79-85(74,75)81-57-62(55-77-64(69)49-43-37-32-27-24-23-26-30-36-41-47-59(6)9-3)83-66(71)51-45-39-33-28-22-20-18-16-17-19-21-25-29-35-40-46-58(4)5/h58-62,67H,7-57H2,1-6H3,(H,72,73)(H,74,75)/t59?,60-,61+,62+/m0/s1. The number of phosphoric acid groups is 2. The number of phosphoric ester groups is 2. The second kappa shape index (κ2) is 58.4. The van der Waals surface area contributed by atoms with Gasteiger partial charge in [0.15, 0.2) is 12.2 Å². The Hall–Kier alpha value is -1.94. The smallest absolute Gasteiger partial charge is 0.462 e. The number of carbonyl (C=O) groups is 4. The Balaban J connectivity index is 5.14. The Bertz CT molecular complexity index is 1670. The first-order valence-electron chi connectivity index (χ1n) is 34.5. The highest BCUT2D eigenvalue weighted by atomic mass is 31.2. The van der Waals surface area contributed by atoms with Crippen molar-refractivity contribution < 1.29 is 80.2 Å². The minimum atomic E-state index is -4.95. The molecule has 3 N–H and O–H groups in total. The molecule has 3 unspecified atom stereocenters. The molecule has 85 heavy (non-hydrogen) atoms. The maximum absolute atomic E-state index is 13.0. The third-order valence-electron chi connectivity index (χ3n) is 15.6. The quantitative estimate of drug-likeness (QED) is 0.0222. The average molecular weight is 1260 g/mol. The average Bonchev–Trinajstić information content (AvgIpc) is 3.62. The van der Waals surface area contributed by atoms with Crippen LogP contribution in [-0.4, -0.2) is 96.7 Å². The van der Waals surface area contributed by atoms with Crippen LogP contribution in [0.5, 0.6) is 0 Å². The van der Waals surface area contributed by atoms with Crippen LogP contribution >= 0.6 is 15.6 Å². The van der Waals surface area contributed by atoms with Crippen LogP contribution in [0.2, 0.25) is 0 Å². The molecule has 0 heterocycles. The highest BCUT2D eigenvalue weighted by Gasteiger charge is 2.30. The van der Waals surface area contributed by atoms with Crippen molar-refractivity contribution in [3.05, 3.63) is 0 Å². The highest BCUT2D eigenvalue weighted by Crippen LogP contribution is 2.45. The van der Waals surface area contributed by atoms with Crippen LogP contribution in [0.25, 0.3) is 0 Å². The van der Waals surface area contributed by atoms with Crippen molar-refractivity contribution in [3.63, 3.8) is 0 Å². The van der Waals surface area contributed by atoms with E-state index in [0.29, 0.717) is 25.7 Å². The summed E-state index contributed by atoms with van der Waals surface area (Å²) in [6, 6.07) is 0. The molecular weight excluding hydrogens is 1130 g/mol. The van der Waals surface area contributed by atoms with Crippen molar-refractivity contribution in [1.82, 2.24) is 0 Å². The lowest BCUT2D eigenvalue weighted by Crippen LogP contribution is -2.30. The number of aliphatic hydroxyl groups is 1. The Kier molecular flexibility index (Phi) is 57.1. The molecule has 0 saturated heterocycles. The van der Waals surface area contributed by atoms with Crippen LogP contribution in [0.15, 0.2) is 0 Å². The molecule has 0 saturated carbocycles. The summed E-state index contributed by atoms with van der Waals surface area (Å²) >= 11 is 0. The largest absolute Gasteiger partial charge is 0.472 e. The highest BCUT2D eigenvalue weighted by molar-refractivity contribution is 7.47. The summed E-state index contributed by atoms with van der Waals surface area (Å²) < 4.78 is 67.8. The molecule has 0 aromatic carbocycles. The number of hydrogen-bond donors (Lipinski definition) is 3. The van der Waals surface area contributed by atoms with Gasteiger partial charge in [-0.25, -0.2) is 9.13 Å². The predicted octanol–water partition coefficient (Wildman–Crippen LogP) is 18.4. The molecular formula is C66H128O17P2. The molecule has 0 bridgehead atoms.